The molecule has 5 rings (SSSR count). The zero-order valence-electron chi connectivity index (χ0n) is 22.2. The minimum absolute atomic E-state index is 0.131. The number of nitrogens with one attached hydrogen (secondary N) is 2. The van der Waals surface area contributed by atoms with Crippen LogP contribution in [0.5, 0.6) is 0 Å². The van der Waals surface area contributed by atoms with Crippen molar-refractivity contribution in [3.05, 3.63) is 95.9 Å². The summed E-state index contributed by atoms with van der Waals surface area (Å²) in [5.74, 6) is 0.869. The molecule has 1 atom stereocenters. The molecule has 1 saturated heterocycles. The molecular weight excluding hydrogens is 472 g/mol. The van der Waals surface area contributed by atoms with E-state index in [2.05, 4.69) is 56.5 Å². The third-order valence-corrected chi connectivity index (χ3v) is 7.18. The molecule has 1 amide bonds. The predicted molar refractivity (Wildman–Crippen MR) is 153 cm³/mol. The molecule has 2 aromatic heterocycles. The lowest BCUT2D eigenvalue weighted by Gasteiger charge is -2.35. The SMILES string of the molecule is Cc1ccc(NC(=O)c2ccc(C3CCCN(C(C)C)C3)cc2)cc1Nc1nccc(-c2cccnc2)n1. The Morgan fingerprint density at radius 1 is 1.05 bits per heavy atom. The molecule has 0 radical (unpaired) electrons. The van der Waals surface area contributed by atoms with E-state index in [1.807, 2.05) is 55.5 Å². The molecule has 0 saturated carbocycles. The van der Waals surface area contributed by atoms with E-state index in [4.69, 9.17) is 0 Å². The zero-order valence-corrected chi connectivity index (χ0v) is 22.2. The summed E-state index contributed by atoms with van der Waals surface area (Å²) in [6, 6.07) is 20.1. The average molecular weight is 507 g/mol. The Kier molecular flexibility index (Phi) is 7.75. The molecule has 0 spiro atoms. The first kappa shape index (κ1) is 25.5. The Balaban J connectivity index is 1.26. The first-order chi connectivity index (χ1) is 18.5. The topological polar surface area (TPSA) is 83.0 Å². The summed E-state index contributed by atoms with van der Waals surface area (Å²) in [6.45, 7) is 8.77. The van der Waals surface area contributed by atoms with Crippen molar-refractivity contribution < 1.29 is 4.79 Å². The van der Waals surface area contributed by atoms with Crippen LogP contribution in [0.1, 0.15) is 54.1 Å². The van der Waals surface area contributed by atoms with Crippen molar-refractivity contribution in [3.8, 4) is 11.3 Å². The summed E-state index contributed by atoms with van der Waals surface area (Å²) in [5, 5.41) is 6.33. The van der Waals surface area contributed by atoms with Crippen LogP contribution in [0.4, 0.5) is 17.3 Å². The molecule has 1 aliphatic rings. The van der Waals surface area contributed by atoms with E-state index in [0.717, 1.165) is 29.1 Å². The monoisotopic (exact) mass is 506 g/mol. The molecule has 4 aromatic rings. The number of likely N-dealkylation sites (tertiary alicyclic amines) is 1. The van der Waals surface area contributed by atoms with Gasteiger partial charge in [0.1, 0.15) is 0 Å². The van der Waals surface area contributed by atoms with Crippen LogP contribution in [0.3, 0.4) is 0 Å². The van der Waals surface area contributed by atoms with Gasteiger partial charge in [-0.3, -0.25) is 9.78 Å². The normalized spacial score (nSPS) is 15.8. The summed E-state index contributed by atoms with van der Waals surface area (Å²) in [5.41, 5.74) is 6.21. The van der Waals surface area contributed by atoms with Gasteiger partial charge in [0, 0.05) is 53.7 Å². The summed E-state index contributed by atoms with van der Waals surface area (Å²) < 4.78 is 0. The molecule has 1 unspecified atom stereocenters. The minimum atomic E-state index is -0.131. The maximum absolute atomic E-state index is 13.0. The first-order valence-corrected chi connectivity index (χ1v) is 13.2. The third-order valence-electron chi connectivity index (χ3n) is 7.18. The molecule has 1 fully saturated rings. The number of nitrogens with zero attached hydrogens (tertiary/aromatic N) is 4. The van der Waals surface area contributed by atoms with Crippen molar-refractivity contribution in [2.75, 3.05) is 23.7 Å². The van der Waals surface area contributed by atoms with Crippen molar-refractivity contribution in [2.24, 2.45) is 0 Å². The number of aromatic nitrogens is 3. The lowest BCUT2D eigenvalue weighted by molar-refractivity contribution is 0.102. The highest BCUT2D eigenvalue weighted by Crippen LogP contribution is 2.29. The second-order valence-corrected chi connectivity index (χ2v) is 10.2. The lowest BCUT2D eigenvalue weighted by atomic mass is 9.89. The molecule has 2 aromatic carbocycles. The summed E-state index contributed by atoms with van der Waals surface area (Å²) >= 11 is 0. The van der Waals surface area contributed by atoms with Crippen molar-refractivity contribution in [2.45, 2.75) is 45.6 Å². The molecule has 3 heterocycles. The van der Waals surface area contributed by atoms with E-state index in [1.54, 1.807) is 18.6 Å². The van der Waals surface area contributed by atoms with Gasteiger partial charge in [-0.25, -0.2) is 9.97 Å². The number of anilines is 3. The Hall–Kier alpha value is -4.10. The highest BCUT2D eigenvalue weighted by atomic mass is 16.1. The Bertz CT molecular complexity index is 1390. The van der Waals surface area contributed by atoms with E-state index in [-0.39, 0.29) is 5.91 Å². The van der Waals surface area contributed by atoms with Gasteiger partial charge in [-0.15, -0.1) is 0 Å². The fourth-order valence-electron chi connectivity index (χ4n) is 4.91. The second kappa shape index (κ2) is 11.5. The highest BCUT2D eigenvalue weighted by molar-refractivity contribution is 6.04. The maximum atomic E-state index is 13.0. The molecule has 0 aliphatic carbocycles. The number of benzene rings is 2. The summed E-state index contributed by atoms with van der Waals surface area (Å²) in [4.78, 5) is 28.7. The van der Waals surface area contributed by atoms with Gasteiger partial charge in [0.25, 0.3) is 5.91 Å². The Morgan fingerprint density at radius 3 is 2.66 bits per heavy atom. The van der Waals surface area contributed by atoms with Crippen LogP contribution in [0.25, 0.3) is 11.3 Å². The molecule has 38 heavy (non-hydrogen) atoms. The van der Waals surface area contributed by atoms with Crippen LogP contribution in [-0.4, -0.2) is 44.9 Å². The predicted octanol–water partition coefficient (Wildman–Crippen LogP) is 6.43. The summed E-state index contributed by atoms with van der Waals surface area (Å²) in [7, 11) is 0. The number of rotatable bonds is 7. The van der Waals surface area contributed by atoms with Crippen molar-refractivity contribution in [3.63, 3.8) is 0 Å². The second-order valence-electron chi connectivity index (χ2n) is 10.2. The molecular formula is C31H34N6O. The van der Waals surface area contributed by atoms with Crippen molar-refractivity contribution in [1.29, 1.82) is 0 Å². The van der Waals surface area contributed by atoms with Gasteiger partial charge in [0.15, 0.2) is 0 Å². The average Bonchev–Trinajstić information content (AvgIpc) is 2.95. The van der Waals surface area contributed by atoms with E-state index in [9.17, 15) is 4.79 Å². The van der Waals surface area contributed by atoms with E-state index < -0.39 is 0 Å². The Labute approximate surface area is 224 Å². The number of aryl methyl sites for hydroxylation is 1. The number of hydrogen-bond donors (Lipinski definition) is 2. The van der Waals surface area contributed by atoms with Crippen LogP contribution >= 0.6 is 0 Å². The van der Waals surface area contributed by atoms with Crippen LogP contribution in [0, 0.1) is 6.92 Å². The first-order valence-electron chi connectivity index (χ1n) is 13.2. The Morgan fingerprint density at radius 2 is 1.89 bits per heavy atom. The number of pyridine rings is 1. The van der Waals surface area contributed by atoms with Crippen LogP contribution in [0.15, 0.2) is 79.3 Å². The van der Waals surface area contributed by atoms with Crippen LogP contribution in [-0.2, 0) is 0 Å². The van der Waals surface area contributed by atoms with Gasteiger partial charge >= 0.3 is 0 Å². The van der Waals surface area contributed by atoms with Gasteiger partial charge in [-0.1, -0.05) is 18.2 Å². The van der Waals surface area contributed by atoms with Crippen LogP contribution < -0.4 is 10.6 Å². The number of carbonyl (C=O) groups is 1. The largest absolute Gasteiger partial charge is 0.324 e. The van der Waals surface area contributed by atoms with E-state index in [0.29, 0.717) is 29.2 Å². The quantitative estimate of drug-likeness (QED) is 0.301. The van der Waals surface area contributed by atoms with Gasteiger partial charge in [-0.2, -0.15) is 0 Å². The fourth-order valence-corrected chi connectivity index (χ4v) is 4.91. The van der Waals surface area contributed by atoms with Gasteiger partial charge in [0.05, 0.1) is 5.69 Å². The van der Waals surface area contributed by atoms with Crippen molar-refractivity contribution >= 4 is 23.2 Å². The van der Waals surface area contributed by atoms with Crippen molar-refractivity contribution in [1.82, 2.24) is 19.9 Å². The fraction of sp³-hybridized carbons (Fsp3) is 0.290. The smallest absolute Gasteiger partial charge is 0.255 e. The number of piperidine rings is 1. The van der Waals surface area contributed by atoms with Gasteiger partial charge in [-0.05, 0) is 99.7 Å². The maximum Gasteiger partial charge on any atom is 0.255 e. The molecule has 7 nitrogen and oxygen atoms in total. The molecule has 7 heteroatoms. The highest BCUT2D eigenvalue weighted by Gasteiger charge is 2.23. The standard InChI is InChI=1S/C31H34N6O/c1-21(2)37-17-5-7-26(20-37)23-9-11-24(12-10-23)30(38)34-27-13-8-22(3)29(18-27)36-31-33-16-14-28(35-31)25-6-4-15-32-19-25/h4,6,8-16,18-19,21,26H,5,7,17,20H2,1-3H3,(H,34,38)(H,33,35,36). The zero-order chi connectivity index (χ0) is 26.5. The van der Waals surface area contributed by atoms with E-state index in [1.165, 1.54) is 24.9 Å². The van der Waals surface area contributed by atoms with E-state index >= 15 is 0 Å². The number of carbonyl (C=O) groups excluding carboxylic acids is 1. The van der Waals surface area contributed by atoms with Gasteiger partial charge < -0.3 is 15.5 Å². The number of hydrogen-bond acceptors (Lipinski definition) is 6. The lowest BCUT2D eigenvalue weighted by Crippen LogP contribution is -2.39. The third kappa shape index (κ3) is 6.06. The molecule has 1 aliphatic heterocycles. The molecule has 194 valence electrons. The number of amides is 1. The van der Waals surface area contributed by atoms with Gasteiger partial charge in [0.2, 0.25) is 5.95 Å². The molecule has 0 bridgehead atoms. The molecule has 2 N–H and O–H groups in total. The minimum Gasteiger partial charge on any atom is -0.324 e. The summed E-state index contributed by atoms with van der Waals surface area (Å²) in [6.07, 6.45) is 7.64. The van der Waals surface area contributed by atoms with Crippen LogP contribution in [0.2, 0.25) is 0 Å².